The van der Waals surface area contributed by atoms with Gasteiger partial charge in [-0.05, 0) is 23.6 Å². The van der Waals surface area contributed by atoms with Crippen LogP contribution in [0, 0.1) is 0 Å². The van der Waals surface area contributed by atoms with Crippen LogP contribution in [-0.2, 0) is 6.42 Å². The highest BCUT2D eigenvalue weighted by Crippen LogP contribution is 2.27. The van der Waals surface area contributed by atoms with Crippen LogP contribution < -0.4 is 0 Å². The fourth-order valence-corrected chi connectivity index (χ4v) is 2.04. The molecule has 3 nitrogen and oxygen atoms in total. The standard InChI is InChI=1S/C14H12ClNO2/c1-2-9-3-5-10(6-4-9)11-7-8-16-13(15)12(11)14(17)18/h3-8H,2H2,1H3,(H,17,18). The molecule has 1 aromatic carbocycles. The summed E-state index contributed by atoms with van der Waals surface area (Å²) in [6.45, 7) is 2.07. The zero-order chi connectivity index (χ0) is 13.1. The van der Waals surface area contributed by atoms with Gasteiger partial charge in [0.05, 0.1) is 0 Å². The smallest absolute Gasteiger partial charge is 0.339 e. The Kier molecular flexibility index (Phi) is 3.63. The van der Waals surface area contributed by atoms with E-state index in [9.17, 15) is 9.90 Å². The molecule has 92 valence electrons. The molecule has 18 heavy (non-hydrogen) atoms. The lowest BCUT2D eigenvalue weighted by Gasteiger charge is -2.08. The first kappa shape index (κ1) is 12.6. The Morgan fingerprint density at radius 1 is 1.28 bits per heavy atom. The van der Waals surface area contributed by atoms with Crippen LogP contribution in [0.3, 0.4) is 0 Å². The van der Waals surface area contributed by atoms with Crippen molar-refractivity contribution in [2.75, 3.05) is 0 Å². The summed E-state index contributed by atoms with van der Waals surface area (Å²) in [5.41, 5.74) is 2.67. The minimum absolute atomic E-state index is 0.0135. The number of hydrogen-bond donors (Lipinski definition) is 1. The molecule has 2 aromatic rings. The average molecular weight is 262 g/mol. The number of nitrogens with zero attached hydrogens (tertiary/aromatic N) is 1. The Morgan fingerprint density at radius 3 is 2.50 bits per heavy atom. The van der Waals surface area contributed by atoms with E-state index in [1.54, 1.807) is 6.07 Å². The average Bonchev–Trinajstić information content (AvgIpc) is 2.38. The number of carboxylic acids is 1. The van der Waals surface area contributed by atoms with Crippen LogP contribution in [0.2, 0.25) is 5.15 Å². The Hall–Kier alpha value is -1.87. The minimum atomic E-state index is -1.07. The van der Waals surface area contributed by atoms with Crippen LogP contribution >= 0.6 is 11.6 Å². The van der Waals surface area contributed by atoms with Crippen molar-refractivity contribution < 1.29 is 9.90 Å². The van der Waals surface area contributed by atoms with Crippen molar-refractivity contribution in [1.82, 2.24) is 4.98 Å². The third-order valence-corrected chi connectivity index (χ3v) is 3.08. The lowest BCUT2D eigenvalue weighted by atomic mass is 10.00. The molecule has 0 unspecified atom stereocenters. The lowest BCUT2D eigenvalue weighted by Crippen LogP contribution is -2.02. The molecule has 1 aromatic heterocycles. The molecule has 0 fully saturated rings. The minimum Gasteiger partial charge on any atom is -0.478 e. The van der Waals surface area contributed by atoms with Gasteiger partial charge in [-0.3, -0.25) is 0 Å². The summed E-state index contributed by atoms with van der Waals surface area (Å²) in [6.07, 6.45) is 2.46. The van der Waals surface area contributed by atoms with E-state index in [0.29, 0.717) is 5.56 Å². The van der Waals surface area contributed by atoms with Gasteiger partial charge < -0.3 is 5.11 Å². The highest BCUT2D eigenvalue weighted by atomic mass is 35.5. The van der Waals surface area contributed by atoms with Crippen molar-refractivity contribution in [1.29, 1.82) is 0 Å². The number of rotatable bonds is 3. The van der Waals surface area contributed by atoms with Crippen molar-refractivity contribution in [3.8, 4) is 11.1 Å². The Morgan fingerprint density at radius 2 is 1.94 bits per heavy atom. The fourth-order valence-electron chi connectivity index (χ4n) is 1.80. The molecular weight excluding hydrogens is 250 g/mol. The van der Waals surface area contributed by atoms with E-state index in [1.807, 2.05) is 24.3 Å². The predicted molar refractivity (Wildman–Crippen MR) is 71.0 cm³/mol. The molecule has 0 atom stereocenters. The Bertz CT molecular complexity index is 579. The maximum atomic E-state index is 11.2. The second-order valence-corrected chi connectivity index (χ2v) is 4.24. The largest absolute Gasteiger partial charge is 0.478 e. The topological polar surface area (TPSA) is 50.2 Å². The van der Waals surface area contributed by atoms with Crippen molar-refractivity contribution >= 4 is 17.6 Å². The van der Waals surface area contributed by atoms with Gasteiger partial charge in [-0.25, -0.2) is 9.78 Å². The van der Waals surface area contributed by atoms with Crippen molar-refractivity contribution in [2.45, 2.75) is 13.3 Å². The normalized spacial score (nSPS) is 10.3. The predicted octanol–water partition coefficient (Wildman–Crippen LogP) is 3.66. The van der Waals surface area contributed by atoms with Gasteiger partial charge in [0.25, 0.3) is 0 Å². The maximum absolute atomic E-state index is 11.2. The molecule has 0 aliphatic heterocycles. The van der Waals surface area contributed by atoms with E-state index < -0.39 is 5.97 Å². The van der Waals surface area contributed by atoms with Crippen LogP contribution in [-0.4, -0.2) is 16.1 Å². The second kappa shape index (κ2) is 5.19. The van der Waals surface area contributed by atoms with Crippen LogP contribution in [0.4, 0.5) is 0 Å². The summed E-state index contributed by atoms with van der Waals surface area (Å²) in [6, 6.07) is 9.43. The van der Waals surface area contributed by atoms with Gasteiger partial charge >= 0.3 is 5.97 Å². The van der Waals surface area contributed by atoms with Crippen LogP contribution in [0.1, 0.15) is 22.8 Å². The van der Waals surface area contributed by atoms with E-state index >= 15 is 0 Å². The number of halogens is 1. The van der Waals surface area contributed by atoms with E-state index in [-0.39, 0.29) is 10.7 Å². The summed E-state index contributed by atoms with van der Waals surface area (Å²) in [5.74, 6) is -1.07. The van der Waals surface area contributed by atoms with Gasteiger partial charge in [-0.1, -0.05) is 42.8 Å². The molecule has 0 amide bonds. The number of carbonyl (C=O) groups is 1. The zero-order valence-corrected chi connectivity index (χ0v) is 10.6. The number of aromatic carboxylic acids is 1. The molecule has 0 radical (unpaired) electrons. The zero-order valence-electron chi connectivity index (χ0n) is 9.85. The van der Waals surface area contributed by atoms with Crippen molar-refractivity contribution in [2.24, 2.45) is 0 Å². The first-order valence-electron chi connectivity index (χ1n) is 5.60. The number of hydrogen-bond acceptors (Lipinski definition) is 2. The highest BCUT2D eigenvalue weighted by Gasteiger charge is 2.16. The van der Waals surface area contributed by atoms with Crippen LogP contribution in [0.5, 0.6) is 0 Å². The summed E-state index contributed by atoms with van der Waals surface area (Å²) < 4.78 is 0. The molecule has 0 spiro atoms. The number of aromatic nitrogens is 1. The second-order valence-electron chi connectivity index (χ2n) is 3.88. The number of carboxylic acid groups (broad SMARTS) is 1. The van der Waals surface area contributed by atoms with E-state index in [4.69, 9.17) is 11.6 Å². The maximum Gasteiger partial charge on any atom is 0.339 e. The monoisotopic (exact) mass is 261 g/mol. The third kappa shape index (κ3) is 2.36. The van der Waals surface area contributed by atoms with E-state index in [0.717, 1.165) is 12.0 Å². The van der Waals surface area contributed by atoms with Gasteiger partial charge in [0.2, 0.25) is 0 Å². The van der Waals surface area contributed by atoms with E-state index in [1.165, 1.54) is 11.8 Å². The summed E-state index contributed by atoms with van der Waals surface area (Å²) in [4.78, 5) is 15.0. The van der Waals surface area contributed by atoms with Gasteiger partial charge in [-0.15, -0.1) is 0 Å². The Labute approximate surface area is 110 Å². The van der Waals surface area contributed by atoms with Gasteiger partial charge in [0.1, 0.15) is 10.7 Å². The fraction of sp³-hybridized carbons (Fsp3) is 0.143. The number of pyridine rings is 1. The number of aryl methyl sites for hydroxylation is 1. The molecular formula is C14H12ClNO2. The number of benzene rings is 1. The van der Waals surface area contributed by atoms with Gasteiger partial charge in [0.15, 0.2) is 0 Å². The van der Waals surface area contributed by atoms with E-state index in [2.05, 4.69) is 11.9 Å². The first-order chi connectivity index (χ1) is 8.63. The molecule has 4 heteroatoms. The summed E-state index contributed by atoms with van der Waals surface area (Å²) in [7, 11) is 0. The highest BCUT2D eigenvalue weighted by molar-refractivity contribution is 6.33. The molecule has 0 aliphatic rings. The van der Waals surface area contributed by atoms with Gasteiger partial charge in [0, 0.05) is 11.8 Å². The quantitative estimate of drug-likeness (QED) is 0.858. The molecule has 1 heterocycles. The first-order valence-corrected chi connectivity index (χ1v) is 5.98. The molecule has 0 aliphatic carbocycles. The summed E-state index contributed by atoms with van der Waals surface area (Å²) >= 11 is 5.84. The van der Waals surface area contributed by atoms with Gasteiger partial charge in [-0.2, -0.15) is 0 Å². The van der Waals surface area contributed by atoms with Crippen molar-refractivity contribution in [3.63, 3.8) is 0 Å². The molecule has 0 saturated heterocycles. The molecule has 1 N–H and O–H groups in total. The SMILES string of the molecule is CCc1ccc(-c2ccnc(Cl)c2C(=O)O)cc1. The molecule has 2 rings (SSSR count). The molecule has 0 saturated carbocycles. The lowest BCUT2D eigenvalue weighted by molar-refractivity contribution is 0.0697. The molecule has 0 bridgehead atoms. The third-order valence-electron chi connectivity index (χ3n) is 2.79. The summed E-state index contributed by atoms with van der Waals surface area (Å²) in [5, 5.41) is 9.20. The Balaban J connectivity index is 2.56. The van der Waals surface area contributed by atoms with Crippen LogP contribution in [0.25, 0.3) is 11.1 Å². The van der Waals surface area contributed by atoms with Crippen molar-refractivity contribution in [3.05, 3.63) is 52.8 Å². The van der Waals surface area contributed by atoms with Crippen LogP contribution in [0.15, 0.2) is 36.5 Å².